The highest BCUT2D eigenvalue weighted by Gasteiger charge is 2.10. The number of hydrogen-bond donors (Lipinski definition) is 2. The summed E-state index contributed by atoms with van der Waals surface area (Å²) in [5.41, 5.74) is 3.56. The summed E-state index contributed by atoms with van der Waals surface area (Å²) >= 11 is 0. The van der Waals surface area contributed by atoms with Crippen LogP contribution in [0.3, 0.4) is 0 Å². The average Bonchev–Trinajstić information content (AvgIpc) is 2.36. The van der Waals surface area contributed by atoms with Gasteiger partial charge in [-0.1, -0.05) is 31.5 Å². The first-order chi connectivity index (χ1) is 8.93. The highest BCUT2D eigenvalue weighted by Crippen LogP contribution is 2.21. The van der Waals surface area contributed by atoms with Crippen molar-refractivity contribution in [3.63, 3.8) is 0 Å². The van der Waals surface area contributed by atoms with Gasteiger partial charge in [0.05, 0.1) is 6.54 Å². The van der Waals surface area contributed by atoms with Gasteiger partial charge in [0.2, 0.25) is 5.91 Å². The number of anilines is 1. The van der Waals surface area contributed by atoms with Crippen LogP contribution >= 0.6 is 0 Å². The minimum atomic E-state index is 0.0193. The highest BCUT2D eigenvalue weighted by molar-refractivity contribution is 5.81. The molecule has 0 bridgehead atoms. The Balaban J connectivity index is 2.88. The van der Waals surface area contributed by atoms with Crippen molar-refractivity contribution in [3.8, 4) is 0 Å². The molecule has 0 aliphatic heterocycles. The van der Waals surface area contributed by atoms with Crippen molar-refractivity contribution >= 4 is 11.6 Å². The standard InChI is InChI=1S/C15H25N3O/c1-11(2)17-9-13-8-12(3)6-7-14(13)18(5)10-15(19)16-4/h6-8,11,17H,9-10H2,1-5H3,(H,16,19). The van der Waals surface area contributed by atoms with Crippen LogP contribution in [-0.4, -0.2) is 32.6 Å². The number of hydrogen-bond acceptors (Lipinski definition) is 3. The lowest BCUT2D eigenvalue weighted by Crippen LogP contribution is -2.34. The van der Waals surface area contributed by atoms with Crippen LogP contribution in [-0.2, 0) is 11.3 Å². The quantitative estimate of drug-likeness (QED) is 0.820. The Bertz CT molecular complexity index is 429. The maximum atomic E-state index is 11.5. The van der Waals surface area contributed by atoms with E-state index in [1.54, 1.807) is 7.05 Å². The summed E-state index contributed by atoms with van der Waals surface area (Å²) in [6, 6.07) is 6.77. The van der Waals surface area contributed by atoms with Crippen molar-refractivity contribution in [2.75, 3.05) is 25.5 Å². The highest BCUT2D eigenvalue weighted by atomic mass is 16.1. The van der Waals surface area contributed by atoms with Crippen LogP contribution in [0, 0.1) is 6.92 Å². The number of carbonyl (C=O) groups excluding carboxylic acids is 1. The van der Waals surface area contributed by atoms with Crippen LogP contribution in [0.5, 0.6) is 0 Å². The van der Waals surface area contributed by atoms with Crippen molar-refractivity contribution in [2.45, 2.75) is 33.4 Å². The molecule has 1 aromatic rings. The molecular formula is C15H25N3O. The molecule has 4 heteroatoms. The van der Waals surface area contributed by atoms with Gasteiger partial charge in [-0.3, -0.25) is 4.79 Å². The number of nitrogens with one attached hydrogen (secondary N) is 2. The van der Waals surface area contributed by atoms with Crippen LogP contribution < -0.4 is 15.5 Å². The number of aryl methyl sites for hydroxylation is 1. The SMILES string of the molecule is CNC(=O)CN(C)c1ccc(C)cc1CNC(C)C. The number of carbonyl (C=O) groups is 1. The Hall–Kier alpha value is -1.55. The zero-order chi connectivity index (χ0) is 14.4. The summed E-state index contributed by atoms with van der Waals surface area (Å²) in [7, 11) is 3.60. The first kappa shape index (κ1) is 15.5. The first-order valence-electron chi connectivity index (χ1n) is 6.68. The van der Waals surface area contributed by atoms with Gasteiger partial charge in [-0.25, -0.2) is 0 Å². The number of likely N-dealkylation sites (N-methyl/N-ethyl adjacent to an activating group) is 2. The minimum Gasteiger partial charge on any atom is -0.365 e. The lowest BCUT2D eigenvalue weighted by Gasteiger charge is -2.23. The number of rotatable bonds is 6. The normalized spacial score (nSPS) is 10.6. The molecule has 19 heavy (non-hydrogen) atoms. The molecule has 0 heterocycles. The molecular weight excluding hydrogens is 238 g/mol. The van der Waals surface area contributed by atoms with E-state index < -0.39 is 0 Å². The molecule has 0 radical (unpaired) electrons. The monoisotopic (exact) mass is 263 g/mol. The Morgan fingerprint density at radius 2 is 2.05 bits per heavy atom. The third-order valence-corrected chi connectivity index (χ3v) is 3.01. The van der Waals surface area contributed by atoms with E-state index in [2.05, 4.69) is 49.6 Å². The second kappa shape index (κ2) is 7.14. The van der Waals surface area contributed by atoms with E-state index >= 15 is 0 Å². The summed E-state index contributed by atoms with van der Waals surface area (Å²) in [4.78, 5) is 13.5. The zero-order valence-corrected chi connectivity index (χ0v) is 12.6. The van der Waals surface area contributed by atoms with Gasteiger partial charge in [0.25, 0.3) is 0 Å². The predicted molar refractivity (Wildman–Crippen MR) is 80.5 cm³/mol. The van der Waals surface area contributed by atoms with E-state index in [0.717, 1.165) is 12.2 Å². The van der Waals surface area contributed by atoms with E-state index in [4.69, 9.17) is 0 Å². The minimum absolute atomic E-state index is 0.0193. The molecule has 0 fully saturated rings. The van der Waals surface area contributed by atoms with Crippen molar-refractivity contribution in [1.29, 1.82) is 0 Å². The topological polar surface area (TPSA) is 44.4 Å². The molecule has 1 rings (SSSR count). The summed E-state index contributed by atoms with van der Waals surface area (Å²) in [6.45, 7) is 7.52. The summed E-state index contributed by atoms with van der Waals surface area (Å²) in [5, 5.41) is 6.07. The van der Waals surface area contributed by atoms with Crippen LogP contribution in [0.2, 0.25) is 0 Å². The number of benzene rings is 1. The predicted octanol–water partition coefficient (Wildman–Crippen LogP) is 1.68. The Morgan fingerprint density at radius 1 is 1.37 bits per heavy atom. The molecule has 2 N–H and O–H groups in total. The molecule has 0 aliphatic carbocycles. The maximum Gasteiger partial charge on any atom is 0.239 e. The number of nitrogens with zero attached hydrogens (tertiary/aromatic N) is 1. The summed E-state index contributed by atoms with van der Waals surface area (Å²) < 4.78 is 0. The van der Waals surface area contributed by atoms with E-state index in [1.807, 2.05) is 11.9 Å². The Morgan fingerprint density at radius 3 is 2.63 bits per heavy atom. The Kier molecular flexibility index (Phi) is 5.83. The first-order valence-corrected chi connectivity index (χ1v) is 6.68. The van der Waals surface area contributed by atoms with E-state index in [9.17, 15) is 4.79 Å². The fourth-order valence-corrected chi connectivity index (χ4v) is 1.92. The number of amides is 1. The van der Waals surface area contributed by atoms with Crippen molar-refractivity contribution < 1.29 is 4.79 Å². The van der Waals surface area contributed by atoms with Gasteiger partial charge in [0.1, 0.15) is 0 Å². The molecule has 0 aliphatic rings. The molecule has 0 saturated carbocycles. The maximum absolute atomic E-state index is 11.5. The van der Waals surface area contributed by atoms with Crippen LogP contribution in [0.25, 0.3) is 0 Å². The van der Waals surface area contributed by atoms with Gasteiger partial charge in [-0.05, 0) is 18.6 Å². The molecule has 0 spiro atoms. The van der Waals surface area contributed by atoms with Gasteiger partial charge in [0.15, 0.2) is 0 Å². The summed E-state index contributed by atoms with van der Waals surface area (Å²) in [6.07, 6.45) is 0. The van der Waals surface area contributed by atoms with Crippen LogP contribution in [0.15, 0.2) is 18.2 Å². The molecule has 1 amide bonds. The lowest BCUT2D eigenvalue weighted by atomic mass is 10.1. The fraction of sp³-hybridized carbons (Fsp3) is 0.533. The zero-order valence-electron chi connectivity index (χ0n) is 12.6. The van der Waals surface area contributed by atoms with Crippen LogP contribution in [0.1, 0.15) is 25.0 Å². The van der Waals surface area contributed by atoms with Gasteiger partial charge in [0, 0.05) is 32.4 Å². The van der Waals surface area contributed by atoms with E-state index in [-0.39, 0.29) is 5.91 Å². The van der Waals surface area contributed by atoms with Gasteiger partial charge in [-0.15, -0.1) is 0 Å². The Labute approximate surface area is 116 Å². The molecule has 0 atom stereocenters. The molecule has 4 nitrogen and oxygen atoms in total. The largest absolute Gasteiger partial charge is 0.365 e. The smallest absolute Gasteiger partial charge is 0.239 e. The van der Waals surface area contributed by atoms with E-state index in [1.165, 1.54) is 11.1 Å². The molecule has 0 unspecified atom stereocenters. The summed E-state index contributed by atoms with van der Waals surface area (Å²) in [5.74, 6) is 0.0193. The van der Waals surface area contributed by atoms with Crippen LogP contribution in [0.4, 0.5) is 5.69 Å². The van der Waals surface area contributed by atoms with Crippen molar-refractivity contribution in [3.05, 3.63) is 29.3 Å². The molecule has 0 saturated heterocycles. The lowest BCUT2D eigenvalue weighted by molar-refractivity contribution is -0.119. The van der Waals surface area contributed by atoms with Crippen molar-refractivity contribution in [2.24, 2.45) is 0 Å². The third-order valence-electron chi connectivity index (χ3n) is 3.01. The molecule has 106 valence electrons. The average molecular weight is 263 g/mol. The third kappa shape index (κ3) is 4.91. The van der Waals surface area contributed by atoms with Crippen molar-refractivity contribution in [1.82, 2.24) is 10.6 Å². The molecule has 1 aromatic carbocycles. The second-order valence-electron chi connectivity index (χ2n) is 5.20. The van der Waals surface area contributed by atoms with Gasteiger partial charge >= 0.3 is 0 Å². The second-order valence-corrected chi connectivity index (χ2v) is 5.20. The van der Waals surface area contributed by atoms with E-state index in [0.29, 0.717) is 12.6 Å². The van der Waals surface area contributed by atoms with Gasteiger partial charge < -0.3 is 15.5 Å². The van der Waals surface area contributed by atoms with Gasteiger partial charge in [-0.2, -0.15) is 0 Å². The fourth-order valence-electron chi connectivity index (χ4n) is 1.92. The molecule has 0 aromatic heterocycles.